The molecule has 1 N–H and O–H groups in total. The molecule has 1 atom stereocenters. The zero-order valence-corrected chi connectivity index (χ0v) is 14.0. The first-order valence-corrected chi connectivity index (χ1v) is 8.31. The molecule has 2 heteroatoms. The zero-order chi connectivity index (χ0) is 14.9. The van der Waals surface area contributed by atoms with Crippen molar-refractivity contribution in [2.24, 2.45) is 0 Å². The van der Waals surface area contributed by atoms with Crippen LogP contribution in [0.2, 0.25) is 0 Å². The van der Waals surface area contributed by atoms with E-state index in [1.807, 2.05) is 6.07 Å². The fourth-order valence-corrected chi connectivity index (χ4v) is 2.91. The lowest BCUT2D eigenvalue weighted by Gasteiger charge is -2.21. The van der Waals surface area contributed by atoms with Gasteiger partial charge in [-0.05, 0) is 43.0 Å². The van der Waals surface area contributed by atoms with Crippen LogP contribution in [0, 0.1) is 0 Å². The maximum absolute atomic E-state index is 3.67. The van der Waals surface area contributed by atoms with Gasteiger partial charge in [-0.25, -0.2) is 0 Å². The fraction of sp³-hybridized carbons (Fsp3) is 0.263. The number of nitrogens with one attached hydrogen (secondary N) is 1. The first-order valence-electron chi connectivity index (χ1n) is 7.52. The van der Waals surface area contributed by atoms with Gasteiger partial charge in [0, 0.05) is 10.2 Å². The summed E-state index contributed by atoms with van der Waals surface area (Å²) in [6, 6.07) is 19.2. The average Bonchev–Trinajstić information content (AvgIpc) is 2.52. The van der Waals surface area contributed by atoms with Crippen LogP contribution in [-0.4, -0.2) is 0 Å². The van der Waals surface area contributed by atoms with Gasteiger partial charge in [-0.3, -0.25) is 0 Å². The molecule has 0 aliphatic carbocycles. The highest BCUT2D eigenvalue weighted by molar-refractivity contribution is 9.10. The topological polar surface area (TPSA) is 12.0 Å². The Kier molecular flexibility index (Phi) is 6.55. The summed E-state index contributed by atoms with van der Waals surface area (Å²) >= 11 is 3.67. The number of anilines is 1. The summed E-state index contributed by atoms with van der Waals surface area (Å²) in [5.41, 5.74) is 2.48. The van der Waals surface area contributed by atoms with Crippen LogP contribution >= 0.6 is 15.9 Å². The van der Waals surface area contributed by atoms with E-state index in [1.54, 1.807) is 0 Å². The van der Waals surface area contributed by atoms with E-state index in [0.29, 0.717) is 6.04 Å². The van der Waals surface area contributed by atoms with E-state index in [4.69, 9.17) is 0 Å². The molecule has 0 fully saturated rings. The molecule has 0 amide bonds. The van der Waals surface area contributed by atoms with Gasteiger partial charge in [0.2, 0.25) is 0 Å². The standard InChI is InChI=1S/C19H22BrN/c1-2-3-4-8-15-19(17-13-9-10-14-18(17)20)21-16-11-6-5-7-12-16/h3-7,9-14,19,21H,2,8,15H2,1H3/b4-3+/t19-/m0/s1. The third kappa shape index (κ3) is 5.05. The second kappa shape index (κ2) is 8.68. The van der Waals surface area contributed by atoms with Crippen LogP contribution in [0.4, 0.5) is 5.69 Å². The number of hydrogen-bond acceptors (Lipinski definition) is 1. The number of allylic oxidation sites excluding steroid dienone is 2. The fourth-order valence-electron chi connectivity index (χ4n) is 2.35. The quantitative estimate of drug-likeness (QED) is 0.577. The van der Waals surface area contributed by atoms with Crippen molar-refractivity contribution in [2.75, 3.05) is 5.32 Å². The molecule has 0 radical (unpaired) electrons. The second-order valence-corrected chi connectivity index (χ2v) is 5.90. The van der Waals surface area contributed by atoms with Crippen molar-refractivity contribution in [2.45, 2.75) is 32.2 Å². The molecule has 2 aromatic rings. The molecular weight excluding hydrogens is 322 g/mol. The van der Waals surface area contributed by atoms with E-state index in [1.165, 1.54) is 5.56 Å². The second-order valence-electron chi connectivity index (χ2n) is 5.04. The van der Waals surface area contributed by atoms with Crippen molar-refractivity contribution in [1.82, 2.24) is 0 Å². The molecule has 0 bridgehead atoms. The Morgan fingerprint density at radius 1 is 1.00 bits per heavy atom. The number of halogens is 1. The van der Waals surface area contributed by atoms with E-state index in [9.17, 15) is 0 Å². The van der Waals surface area contributed by atoms with Crippen LogP contribution in [0.1, 0.15) is 37.8 Å². The maximum Gasteiger partial charge on any atom is 0.0527 e. The van der Waals surface area contributed by atoms with Gasteiger partial charge in [-0.15, -0.1) is 0 Å². The average molecular weight is 344 g/mol. The summed E-state index contributed by atoms with van der Waals surface area (Å²) in [7, 11) is 0. The summed E-state index contributed by atoms with van der Waals surface area (Å²) < 4.78 is 1.16. The van der Waals surface area contributed by atoms with Gasteiger partial charge in [-0.2, -0.15) is 0 Å². The largest absolute Gasteiger partial charge is 0.378 e. The van der Waals surface area contributed by atoms with Crippen LogP contribution in [0.25, 0.3) is 0 Å². The van der Waals surface area contributed by atoms with E-state index < -0.39 is 0 Å². The van der Waals surface area contributed by atoms with Crippen molar-refractivity contribution in [3.63, 3.8) is 0 Å². The highest BCUT2D eigenvalue weighted by Crippen LogP contribution is 2.29. The number of rotatable bonds is 7. The van der Waals surface area contributed by atoms with Gasteiger partial charge in [0.05, 0.1) is 6.04 Å². The SMILES string of the molecule is CC/C=C/CC[C@H](Nc1ccccc1)c1ccccc1Br. The zero-order valence-electron chi connectivity index (χ0n) is 12.4. The summed E-state index contributed by atoms with van der Waals surface area (Å²) in [5, 5.41) is 3.65. The van der Waals surface area contributed by atoms with E-state index >= 15 is 0 Å². The lowest BCUT2D eigenvalue weighted by molar-refractivity contribution is 0.701. The maximum atomic E-state index is 3.67. The summed E-state index contributed by atoms with van der Waals surface area (Å²) in [6.07, 6.45) is 7.77. The molecule has 0 aliphatic heterocycles. The minimum atomic E-state index is 0.310. The van der Waals surface area contributed by atoms with Gasteiger partial charge in [0.1, 0.15) is 0 Å². The molecule has 21 heavy (non-hydrogen) atoms. The van der Waals surface area contributed by atoms with Crippen molar-refractivity contribution in [3.05, 3.63) is 76.8 Å². The molecule has 0 spiro atoms. The van der Waals surface area contributed by atoms with E-state index in [-0.39, 0.29) is 0 Å². The van der Waals surface area contributed by atoms with Gasteiger partial charge >= 0.3 is 0 Å². The number of benzene rings is 2. The van der Waals surface area contributed by atoms with Gasteiger partial charge in [0.25, 0.3) is 0 Å². The van der Waals surface area contributed by atoms with Crippen LogP contribution in [-0.2, 0) is 0 Å². The van der Waals surface area contributed by atoms with Crippen molar-refractivity contribution < 1.29 is 0 Å². The van der Waals surface area contributed by atoms with Crippen LogP contribution in [0.15, 0.2) is 71.2 Å². The van der Waals surface area contributed by atoms with Crippen LogP contribution in [0.3, 0.4) is 0 Å². The Morgan fingerprint density at radius 3 is 2.43 bits per heavy atom. The van der Waals surface area contributed by atoms with E-state index in [2.05, 4.69) is 88.9 Å². The minimum Gasteiger partial charge on any atom is -0.378 e. The minimum absolute atomic E-state index is 0.310. The van der Waals surface area contributed by atoms with Crippen molar-refractivity contribution in [1.29, 1.82) is 0 Å². The monoisotopic (exact) mass is 343 g/mol. The summed E-state index contributed by atoms with van der Waals surface area (Å²) in [5.74, 6) is 0. The molecule has 0 unspecified atom stereocenters. The normalized spacial score (nSPS) is 12.5. The predicted octanol–water partition coefficient (Wildman–Crippen LogP) is 6.35. The smallest absolute Gasteiger partial charge is 0.0527 e. The molecule has 0 aliphatic rings. The molecule has 1 nitrogen and oxygen atoms in total. The van der Waals surface area contributed by atoms with Crippen LogP contribution < -0.4 is 5.32 Å². The predicted molar refractivity (Wildman–Crippen MR) is 95.6 cm³/mol. The Hall–Kier alpha value is -1.54. The van der Waals surface area contributed by atoms with E-state index in [0.717, 1.165) is 29.4 Å². The lowest BCUT2D eigenvalue weighted by Crippen LogP contribution is -2.11. The molecule has 0 heterocycles. The van der Waals surface area contributed by atoms with Crippen LogP contribution in [0.5, 0.6) is 0 Å². The Bertz CT molecular complexity index is 563. The molecule has 0 saturated heterocycles. The highest BCUT2D eigenvalue weighted by Gasteiger charge is 2.13. The first-order chi connectivity index (χ1) is 10.3. The number of para-hydroxylation sites is 1. The number of hydrogen-bond donors (Lipinski definition) is 1. The summed E-state index contributed by atoms with van der Waals surface area (Å²) in [4.78, 5) is 0. The van der Waals surface area contributed by atoms with Gasteiger partial charge in [0.15, 0.2) is 0 Å². The molecule has 110 valence electrons. The summed E-state index contributed by atoms with van der Waals surface area (Å²) in [6.45, 7) is 2.17. The lowest BCUT2D eigenvalue weighted by atomic mass is 10.0. The molecule has 0 aromatic heterocycles. The first kappa shape index (κ1) is 15.8. The third-order valence-corrected chi connectivity index (χ3v) is 4.14. The highest BCUT2D eigenvalue weighted by atomic mass is 79.9. The molecular formula is C19H22BrN. The van der Waals surface area contributed by atoms with Gasteiger partial charge in [-0.1, -0.05) is 71.4 Å². The Labute approximate surface area is 136 Å². The van der Waals surface area contributed by atoms with Crippen molar-refractivity contribution in [3.8, 4) is 0 Å². The molecule has 2 aromatic carbocycles. The Morgan fingerprint density at radius 2 is 1.71 bits per heavy atom. The Balaban J connectivity index is 2.14. The third-order valence-electron chi connectivity index (χ3n) is 3.42. The van der Waals surface area contributed by atoms with Gasteiger partial charge < -0.3 is 5.32 Å². The molecule has 0 saturated carbocycles. The van der Waals surface area contributed by atoms with Crippen molar-refractivity contribution >= 4 is 21.6 Å². The molecule has 2 rings (SSSR count).